The maximum absolute atomic E-state index is 12.8. The molecule has 2 aliphatic rings. The monoisotopic (exact) mass is 407 g/mol. The van der Waals surface area contributed by atoms with Crippen molar-refractivity contribution >= 4 is 41.1 Å². The van der Waals surface area contributed by atoms with E-state index in [1.165, 1.54) is 20.2 Å². The van der Waals surface area contributed by atoms with Crippen molar-refractivity contribution in [2.24, 2.45) is 5.92 Å². The van der Waals surface area contributed by atoms with Crippen LogP contribution in [0.15, 0.2) is 48.6 Å². The highest BCUT2D eigenvalue weighted by molar-refractivity contribution is 6.53. The third-order valence-corrected chi connectivity index (χ3v) is 6.59. The van der Waals surface area contributed by atoms with Gasteiger partial charge in [0, 0.05) is 13.0 Å². The lowest BCUT2D eigenvalue weighted by Crippen LogP contribution is -2.55. The van der Waals surface area contributed by atoms with Crippen LogP contribution in [0.3, 0.4) is 0 Å². The zero-order chi connectivity index (χ0) is 20.0. The first-order valence-electron chi connectivity index (χ1n) is 8.28. The number of hydrogen-bond donors (Lipinski definition) is 1. The summed E-state index contributed by atoms with van der Waals surface area (Å²) < 4.78 is 5.11. The number of amides is 2. The highest BCUT2D eigenvalue weighted by Gasteiger charge is 2.71. The molecule has 0 spiro atoms. The first-order chi connectivity index (χ1) is 12.7. The average molecular weight is 408 g/mol. The van der Waals surface area contributed by atoms with Gasteiger partial charge >= 0.3 is 0 Å². The van der Waals surface area contributed by atoms with Gasteiger partial charge in [-0.25, -0.2) is 0 Å². The predicted octanol–water partition coefficient (Wildman–Crippen LogP) is 3.50. The van der Waals surface area contributed by atoms with Crippen molar-refractivity contribution in [3.8, 4) is 11.5 Å². The number of benzene rings is 1. The Bertz CT molecular complexity index is 894. The minimum Gasteiger partial charge on any atom is -0.504 e. The molecular weight excluding hydrogens is 389 g/mol. The Morgan fingerprint density at radius 1 is 1.33 bits per heavy atom. The molecule has 1 heterocycles. The minimum absolute atomic E-state index is 0.0192. The molecule has 1 saturated heterocycles. The van der Waals surface area contributed by atoms with Crippen LogP contribution in [-0.2, 0) is 9.59 Å². The van der Waals surface area contributed by atoms with E-state index >= 15 is 0 Å². The number of likely N-dealkylation sites (tertiary alicyclic amines) is 1. The SMILES string of the molecule is C=CC1=CCC2(Cl)C(=O)N(C)C(=O)C2(Cl)C1C=Cc1ccc(O)c(OC)c1. The number of rotatable bonds is 4. The van der Waals surface area contributed by atoms with E-state index < -0.39 is 27.5 Å². The third-order valence-electron chi connectivity index (χ3n) is 5.16. The van der Waals surface area contributed by atoms with Crippen LogP contribution < -0.4 is 4.74 Å². The van der Waals surface area contributed by atoms with E-state index in [4.69, 9.17) is 27.9 Å². The van der Waals surface area contributed by atoms with Crippen molar-refractivity contribution in [2.45, 2.75) is 16.2 Å². The van der Waals surface area contributed by atoms with Crippen LogP contribution in [0.1, 0.15) is 12.0 Å². The Balaban J connectivity index is 2.07. The second kappa shape index (κ2) is 6.73. The molecule has 5 nitrogen and oxygen atoms in total. The van der Waals surface area contributed by atoms with Crippen LogP contribution in [0, 0.1) is 5.92 Å². The third kappa shape index (κ3) is 2.68. The van der Waals surface area contributed by atoms with E-state index in [0.717, 1.165) is 16.0 Å². The maximum Gasteiger partial charge on any atom is 0.253 e. The number of imide groups is 1. The molecule has 1 N–H and O–H groups in total. The molecule has 0 aromatic heterocycles. The molecule has 1 aliphatic carbocycles. The predicted molar refractivity (Wildman–Crippen MR) is 105 cm³/mol. The number of ether oxygens (including phenoxy) is 1. The van der Waals surface area contributed by atoms with Crippen LogP contribution in [-0.4, -0.2) is 45.7 Å². The maximum atomic E-state index is 12.8. The van der Waals surface area contributed by atoms with Gasteiger partial charge in [0.25, 0.3) is 11.8 Å². The summed E-state index contributed by atoms with van der Waals surface area (Å²) in [5.74, 6) is -1.35. The lowest BCUT2D eigenvalue weighted by atomic mass is 9.71. The summed E-state index contributed by atoms with van der Waals surface area (Å²) in [6.45, 7) is 3.79. The summed E-state index contributed by atoms with van der Waals surface area (Å²) in [4.78, 5) is 23.2. The number of halogens is 2. The molecule has 1 aliphatic heterocycles. The fourth-order valence-corrected chi connectivity index (χ4v) is 4.50. The van der Waals surface area contributed by atoms with Crippen LogP contribution in [0.5, 0.6) is 11.5 Å². The Hall–Kier alpha value is -2.24. The smallest absolute Gasteiger partial charge is 0.253 e. The summed E-state index contributed by atoms with van der Waals surface area (Å²) in [6.07, 6.45) is 7.02. The topological polar surface area (TPSA) is 66.8 Å². The highest BCUT2D eigenvalue weighted by Crippen LogP contribution is 2.56. The molecule has 1 aromatic carbocycles. The number of phenolic OH excluding ortho intramolecular Hbond substituents is 1. The van der Waals surface area contributed by atoms with Crippen molar-refractivity contribution < 1.29 is 19.4 Å². The molecule has 0 bridgehead atoms. The van der Waals surface area contributed by atoms with Gasteiger partial charge in [0.15, 0.2) is 21.2 Å². The van der Waals surface area contributed by atoms with Gasteiger partial charge in [0.1, 0.15) is 0 Å². The van der Waals surface area contributed by atoms with Crippen LogP contribution >= 0.6 is 23.2 Å². The van der Waals surface area contributed by atoms with Crippen molar-refractivity contribution in [1.29, 1.82) is 0 Å². The Kier molecular flexibility index (Phi) is 4.87. The molecule has 0 radical (unpaired) electrons. The number of methoxy groups -OCH3 is 1. The quantitative estimate of drug-likeness (QED) is 0.612. The van der Waals surface area contributed by atoms with Crippen LogP contribution in [0.4, 0.5) is 0 Å². The lowest BCUT2D eigenvalue weighted by Gasteiger charge is -2.40. The number of fused-ring (bicyclic) bond motifs is 1. The molecule has 1 fully saturated rings. The largest absolute Gasteiger partial charge is 0.504 e. The summed E-state index contributed by atoms with van der Waals surface area (Å²) in [7, 11) is 2.84. The van der Waals surface area contributed by atoms with Gasteiger partial charge in [-0.2, -0.15) is 0 Å². The van der Waals surface area contributed by atoms with Crippen molar-refractivity contribution in [1.82, 2.24) is 4.90 Å². The molecule has 1 aromatic rings. The Labute approximate surface area is 167 Å². The molecule has 3 rings (SSSR count). The fourth-order valence-electron chi connectivity index (χ4n) is 3.62. The van der Waals surface area contributed by atoms with Crippen molar-refractivity contribution in [3.05, 3.63) is 54.1 Å². The molecule has 0 saturated carbocycles. The number of phenols is 1. The molecule has 27 heavy (non-hydrogen) atoms. The number of aromatic hydroxyl groups is 1. The first-order valence-corrected chi connectivity index (χ1v) is 9.04. The number of allylic oxidation sites excluding steroid dienone is 4. The van der Waals surface area contributed by atoms with Gasteiger partial charge < -0.3 is 9.84 Å². The fraction of sp³-hybridized carbons (Fsp3) is 0.300. The number of hydrogen-bond acceptors (Lipinski definition) is 4. The minimum atomic E-state index is -1.64. The molecule has 142 valence electrons. The Morgan fingerprint density at radius 2 is 2.04 bits per heavy atom. The normalized spacial score (nSPS) is 30.4. The van der Waals surface area contributed by atoms with Crippen LogP contribution in [0.25, 0.3) is 6.08 Å². The first kappa shape index (κ1) is 19.5. The van der Waals surface area contributed by atoms with Crippen LogP contribution in [0.2, 0.25) is 0 Å². The average Bonchev–Trinajstić information content (AvgIpc) is 2.80. The summed E-state index contributed by atoms with van der Waals surface area (Å²) in [6, 6.07) is 4.84. The van der Waals surface area contributed by atoms with Crippen molar-refractivity contribution in [2.75, 3.05) is 14.2 Å². The molecule has 2 amide bonds. The van der Waals surface area contributed by atoms with E-state index in [9.17, 15) is 14.7 Å². The number of carbonyl (C=O) groups is 2. The summed E-state index contributed by atoms with van der Waals surface area (Å²) >= 11 is 13.4. The second-order valence-electron chi connectivity index (χ2n) is 6.56. The number of nitrogens with zero attached hydrogens (tertiary/aromatic N) is 1. The summed E-state index contributed by atoms with van der Waals surface area (Å²) in [5, 5.41) is 9.73. The summed E-state index contributed by atoms with van der Waals surface area (Å²) in [5.41, 5.74) is 1.45. The van der Waals surface area contributed by atoms with E-state index in [2.05, 4.69) is 6.58 Å². The van der Waals surface area contributed by atoms with Gasteiger partial charge in [0.05, 0.1) is 7.11 Å². The van der Waals surface area contributed by atoms with Gasteiger partial charge in [-0.3, -0.25) is 14.5 Å². The second-order valence-corrected chi connectivity index (χ2v) is 7.80. The number of carbonyl (C=O) groups excluding carboxylic acids is 2. The zero-order valence-corrected chi connectivity index (χ0v) is 16.4. The molecule has 7 heteroatoms. The standard InChI is InChI=1S/C20H19Cl2NO4/c1-4-13-9-10-19(21)17(25)23(2)18(26)20(19,22)14(13)7-5-12-6-8-15(24)16(11-12)27-3/h4-9,11,14,24H,1,10H2,2-3H3. The van der Waals surface area contributed by atoms with Gasteiger partial charge in [-0.05, 0) is 29.7 Å². The van der Waals surface area contributed by atoms with Gasteiger partial charge in [0.2, 0.25) is 0 Å². The van der Waals surface area contributed by atoms with E-state index in [1.807, 2.05) is 0 Å². The molecule has 3 atom stereocenters. The van der Waals surface area contributed by atoms with Crippen molar-refractivity contribution in [3.63, 3.8) is 0 Å². The molecule has 3 unspecified atom stereocenters. The van der Waals surface area contributed by atoms with Gasteiger partial charge in [-0.15, -0.1) is 23.2 Å². The van der Waals surface area contributed by atoms with E-state index in [1.54, 1.807) is 36.4 Å². The van der Waals surface area contributed by atoms with Gasteiger partial charge in [-0.1, -0.05) is 36.9 Å². The van der Waals surface area contributed by atoms with E-state index in [-0.39, 0.29) is 12.2 Å². The number of alkyl halides is 2. The van der Waals surface area contributed by atoms with E-state index in [0.29, 0.717) is 5.75 Å². The highest BCUT2D eigenvalue weighted by atomic mass is 35.5. The lowest BCUT2D eigenvalue weighted by molar-refractivity contribution is -0.137. The Morgan fingerprint density at radius 3 is 2.67 bits per heavy atom. The zero-order valence-electron chi connectivity index (χ0n) is 14.9. The molecular formula is C20H19Cl2NO4.